The summed E-state index contributed by atoms with van der Waals surface area (Å²) in [6.07, 6.45) is -1.95. The Balaban J connectivity index is 1.29. The molecule has 1 aromatic heterocycles. The van der Waals surface area contributed by atoms with Crippen molar-refractivity contribution in [1.29, 1.82) is 0 Å². The molecule has 190 valence electrons. The molecule has 14 heteroatoms. The van der Waals surface area contributed by atoms with Crippen LogP contribution in [0.3, 0.4) is 0 Å². The number of hydrogen-bond donors (Lipinski definition) is 2. The minimum absolute atomic E-state index is 0.0385. The summed E-state index contributed by atoms with van der Waals surface area (Å²) in [5.74, 6) is 1.37. The normalized spacial score (nSPS) is 37.1. The lowest BCUT2D eigenvalue weighted by atomic mass is 9.96. The number of benzene rings is 1. The number of aromatic amines is 1. The molecule has 2 N–H and O–H groups in total. The van der Waals surface area contributed by atoms with Crippen molar-refractivity contribution in [3.05, 3.63) is 69.0 Å². The Morgan fingerprint density at radius 2 is 1.97 bits per heavy atom. The van der Waals surface area contributed by atoms with Crippen molar-refractivity contribution in [3.8, 4) is 0 Å². The molecule has 1 unspecified atom stereocenters. The number of nitrogens with zero attached hydrogens (tertiary/aromatic N) is 1. The van der Waals surface area contributed by atoms with Gasteiger partial charge in [-0.15, -0.1) is 0 Å². The van der Waals surface area contributed by atoms with E-state index in [2.05, 4.69) is 4.98 Å². The van der Waals surface area contributed by atoms with Gasteiger partial charge in [0.15, 0.2) is 6.23 Å². The summed E-state index contributed by atoms with van der Waals surface area (Å²) in [6.45, 7) is -1.27. The van der Waals surface area contributed by atoms with Crippen molar-refractivity contribution in [3.63, 3.8) is 0 Å². The Hall–Kier alpha value is -0.990. The van der Waals surface area contributed by atoms with Crippen LogP contribution >= 0.6 is 28.3 Å². The minimum atomic E-state index is -3.26. The van der Waals surface area contributed by atoms with Crippen LogP contribution in [0.25, 0.3) is 0 Å². The van der Waals surface area contributed by atoms with E-state index in [1.807, 2.05) is 30.3 Å². The Labute approximate surface area is 214 Å². The molecule has 3 aliphatic rings. The molecule has 0 bridgehead atoms. The second kappa shape index (κ2) is 10.4. The molecule has 2 aromatic rings. The van der Waals surface area contributed by atoms with Gasteiger partial charge in [0.05, 0.1) is 19.3 Å². The zero-order valence-electron chi connectivity index (χ0n) is 18.7. The zero-order chi connectivity index (χ0) is 24.6. The van der Waals surface area contributed by atoms with E-state index in [0.29, 0.717) is 12.4 Å². The first-order valence-corrected chi connectivity index (χ1v) is 16.0. The second-order valence-electron chi connectivity index (χ2n) is 8.59. The number of aliphatic hydroxyl groups is 1. The zero-order valence-corrected chi connectivity index (χ0v) is 22.0. The van der Waals surface area contributed by atoms with Crippen LogP contribution in [0.5, 0.6) is 0 Å². The fraction of sp³-hybridized carbons (Fsp3) is 0.524. The highest BCUT2D eigenvalue weighted by Crippen LogP contribution is 2.60. The van der Waals surface area contributed by atoms with Crippen LogP contribution in [-0.4, -0.2) is 62.8 Å². The van der Waals surface area contributed by atoms with E-state index in [0.717, 1.165) is 15.9 Å². The lowest BCUT2D eigenvalue weighted by Gasteiger charge is -2.40. The van der Waals surface area contributed by atoms with Gasteiger partial charge in [0.1, 0.15) is 23.9 Å². The maximum atomic E-state index is 12.3. The molecule has 1 aromatic carbocycles. The molecule has 0 amide bonds. The van der Waals surface area contributed by atoms with Gasteiger partial charge in [-0.3, -0.25) is 18.9 Å². The smallest absolute Gasteiger partial charge is 0.330 e. The Kier molecular flexibility index (Phi) is 7.63. The Bertz CT molecular complexity index is 1210. The molecular formula is C21H25N2O8PS3. The van der Waals surface area contributed by atoms with Gasteiger partial charge < -0.3 is 23.6 Å². The molecule has 7 atom stereocenters. The lowest BCUT2D eigenvalue weighted by molar-refractivity contribution is -0.0940. The number of ether oxygens (including phenoxy) is 2. The van der Waals surface area contributed by atoms with Gasteiger partial charge in [-0.25, -0.2) is 4.79 Å². The number of H-pyrrole nitrogens is 1. The molecule has 3 saturated heterocycles. The number of nitrogens with one attached hydrogen (secondary N) is 1. The molecule has 3 fully saturated rings. The highest BCUT2D eigenvalue weighted by Gasteiger charge is 2.59. The van der Waals surface area contributed by atoms with Crippen LogP contribution in [0, 0.1) is 0 Å². The van der Waals surface area contributed by atoms with E-state index in [-0.39, 0.29) is 18.8 Å². The fourth-order valence-electron chi connectivity index (χ4n) is 4.18. The van der Waals surface area contributed by atoms with Gasteiger partial charge in [0.25, 0.3) is 5.56 Å². The third kappa shape index (κ3) is 5.49. The van der Waals surface area contributed by atoms with E-state index in [1.165, 1.54) is 19.2 Å². The van der Waals surface area contributed by atoms with Gasteiger partial charge in [-0.1, -0.05) is 51.9 Å². The predicted molar refractivity (Wildman–Crippen MR) is 136 cm³/mol. The average molecular weight is 561 g/mol. The quantitative estimate of drug-likeness (QED) is 0.400. The third-order valence-electron chi connectivity index (χ3n) is 5.99. The van der Waals surface area contributed by atoms with Gasteiger partial charge in [-0.2, -0.15) is 0 Å². The van der Waals surface area contributed by atoms with Gasteiger partial charge in [0, 0.05) is 23.8 Å². The standard InChI is InChI=1S/C21H25N2O8PS3/c1-21(26)18-14(29-19(21)23-8-7-17(24)22-20(23)25)10-28-32(33,31-18)30-16-12-35-34-11-15(16)27-9-13-5-3-2-4-6-13/h2-8,14-16,18-19,26H,9-12H2,1H3,(H,22,24,25)/t14-,15+,16+,18-,19-,21-,32?/m1/s1. The highest BCUT2D eigenvalue weighted by molar-refractivity contribution is 8.76. The maximum Gasteiger partial charge on any atom is 0.330 e. The number of rotatable bonds is 6. The maximum absolute atomic E-state index is 12.3. The van der Waals surface area contributed by atoms with E-state index in [1.54, 1.807) is 21.6 Å². The Morgan fingerprint density at radius 3 is 2.71 bits per heavy atom. The van der Waals surface area contributed by atoms with Crippen molar-refractivity contribution in [2.45, 2.75) is 49.8 Å². The number of hydrogen-bond acceptors (Lipinski definition) is 11. The molecule has 35 heavy (non-hydrogen) atoms. The molecule has 4 heterocycles. The molecule has 3 aliphatic heterocycles. The topological polar surface area (TPSA) is 121 Å². The van der Waals surface area contributed by atoms with Crippen molar-refractivity contribution >= 4 is 40.1 Å². The minimum Gasteiger partial charge on any atom is -0.383 e. The first kappa shape index (κ1) is 25.7. The van der Waals surface area contributed by atoms with Gasteiger partial charge in [-0.05, 0) is 24.3 Å². The molecule has 10 nitrogen and oxygen atoms in total. The van der Waals surface area contributed by atoms with E-state index in [4.69, 9.17) is 34.9 Å². The lowest BCUT2D eigenvalue weighted by Crippen LogP contribution is -2.49. The summed E-state index contributed by atoms with van der Waals surface area (Å²) in [6, 6.07) is 11.1. The third-order valence-corrected chi connectivity index (χ3v) is 10.7. The van der Waals surface area contributed by atoms with E-state index >= 15 is 0 Å². The van der Waals surface area contributed by atoms with Crippen LogP contribution in [-0.2, 0) is 41.5 Å². The SMILES string of the molecule is C[C@@]1(O)[C@@H]2OP(=S)(O[C@H]3CSSC[C@@H]3OCc3ccccc3)OC[C@H]2O[C@H]1n1ccc(=O)[nH]c1=O. The van der Waals surface area contributed by atoms with Gasteiger partial charge >= 0.3 is 12.4 Å². The molecule has 5 rings (SSSR count). The largest absolute Gasteiger partial charge is 0.383 e. The van der Waals surface area contributed by atoms with Crippen molar-refractivity contribution in [2.75, 3.05) is 18.1 Å². The average Bonchev–Trinajstić information content (AvgIpc) is 3.08. The summed E-state index contributed by atoms with van der Waals surface area (Å²) >= 11 is 5.68. The van der Waals surface area contributed by atoms with Gasteiger partial charge in [0.2, 0.25) is 0 Å². The van der Waals surface area contributed by atoms with Crippen LogP contribution in [0.2, 0.25) is 0 Å². The second-order valence-corrected chi connectivity index (χ2v) is 14.1. The van der Waals surface area contributed by atoms with Crippen molar-refractivity contribution in [1.82, 2.24) is 9.55 Å². The molecule has 0 spiro atoms. The first-order chi connectivity index (χ1) is 16.7. The first-order valence-electron chi connectivity index (χ1n) is 11.0. The number of aromatic nitrogens is 2. The van der Waals surface area contributed by atoms with Crippen LogP contribution in [0.4, 0.5) is 0 Å². The highest BCUT2D eigenvalue weighted by atomic mass is 33.1. The summed E-state index contributed by atoms with van der Waals surface area (Å²) in [7, 11) is 3.38. The summed E-state index contributed by atoms with van der Waals surface area (Å²) in [4.78, 5) is 25.9. The fourth-order valence-corrected chi connectivity index (χ4v) is 9.18. The predicted octanol–water partition coefficient (Wildman–Crippen LogP) is 2.19. The summed E-state index contributed by atoms with van der Waals surface area (Å²) in [5, 5.41) is 11.3. The van der Waals surface area contributed by atoms with Crippen molar-refractivity contribution < 1.29 is 28.2 Å². The van der Waals surface area contributed by atoms with Crippen LogP contribution < -0.4 is 11.2 Å². The monoisotopic (exact) mass is 560 g/mol. The van der Waals surface area contributed by atoms with E-state index in [9.17, 15) is 14.7 Å². The van der Waals surface area contributed by atoms with Crippen LogP contribution in [0.15, 0.2) is 52.2 Å². The van der Waals surface area contributed by atoms with Crippen molar-refractivity contribution in [2.24, 2.45) is 0 Å². The Morgan fingerprint density at radius 1 is 1.23 bits per heavy atom. The summed E-state index contributed by atoms with van der Waals surface area (Å²) < 4.78 is 31.4. The molecular weight excluding hydrogens is 535 g/mol. The summed E-state index contributed by atoms with van der Waals surface area (Å²) in [5.41, 5.74) is -1.82. The molecule has 0 radical (unpaired) electrons. The van der Waals surface area contributed by atoms with Crippen LogP contribution in [0.1, 0.15) is 18.7 Å². The molecule has 0 saturated carbocycles. The number of fused-ring (bicyclic) bond motifs is 1. The molecule has 0 aliphatic carbocycles. The van der Waals surface area contributed by atoms with E-state index < -0.39 is 42.0 Å².